The molecule has 0 aromatic rings. The summed E-state index contributed by atoms with van der Waals surface area (Å²) < 4.78 is 20.8. The first-order valence-corrected chi connectivity index (χ1v) is 24.9. The van der Waals surface area contributed by atoms with Crippen LogP contribution in [0.15, 0.2) is 0 Å². The van der Waals surface area contributed by atoms with Gasteiger partial charge in [-0.15, -0.1) is 0 Å². The molecule has 0 unspecified atom stereocenters. The lowest BCUT2D eigenvalue weighted by atomic mass is 9.89. The van der Waals surface area contributed by atoms with Crippen LogP contribution >= 0.6 is 0 Å². The van der Waals surface area contributed by atoms with Crippen LogP contribution < -0.4 is 10.6 Å². The molecule has 0 aromatic carbocycles. The van der Waals surface area contributed by atoms with E-state index in [4.69, 9.17) is 34.3 Å². The van der Waals surface area contributed by atoms with Crippen molar-refractivity contribution < 1.29 is 67.8 Å². The molecule has 0 spiro atoms. The van der Waals surface area contributed by atoms with E-state index in [1.807, 2.05) is 20.8 Å². The zero-order chi connectivity index (χ0) is 48.6. The second kappa shape index (κ2) is 48.6. The fourth-order valence-corrected chi connectivity index (χ4v) is 7.03. The number of hydrogen-bond donors (Lipinski definition) is 5. The number of carbonyl (C=O) groups excluding carboxylic acids is 5. The number of unbranched alkanes of at least 4 members (excludes halogenated alkanes) is 15. The van der Waals surface area contributed by atoms with Crippen molar-refractivity contribution in [2.75, 3.05) is 72.6 Å². The van der Waals surface area contributed by atoms with E-state index in [0.717, 1.165) is 70.6 Å². The summed E-state index contributed by atoms with van der Waals surface area (Å²) in [5.74, 6) is -2.57. The molecule has 16 heteroatoms. The van der Waals surface area contributed by atoms with Gasteiger partial charge in [0.25, 0.3) is 0 Å². The highest BCUT2D eigenvalue weighted by atomic mass is 16.5. The lowest BCUT2D eigenvalue weighted by Gasteiger charge is -2.14. The second-order valence-corrected chi connectivity index (χ2v) is 16.6. The summed E-state index contributed by atoms with van der Waals surface area (Å²) in [5.41, 5.74) is 0. The van der Waals surface area contributed by atoms with Gasteiger partial charge in [-0.3, -0.25) is 33.6 Å². The average molecular weight is 931 g/mol. The van der Waals surface area contributed by atoms with Crippen molar-refractivity contribution in [1.29, 1.82) is 0 Å². The van der Waals surface area contributed by atoms with E-state index < -0.39 is 24.5 Å². The maximum Gasteiger partial charge on any atom is 0.303 e. The van der Waals surface area contributed by atoms with E-state index in [0.29, 0.717) is 78.4 Å². The molecule has 0 aliphatic heterocycles. The summed E-state index contributed by atoms with van der Waals surface area (Å²) in [6, 6.07) is 0. The van der Waals surface area contributed by atoms with Gasteiger partial charge in [0.05, 0.1) is 19.8 Å². The number of carboxylic acids is 2. The first-order valence-electron chi connectivity index (χ1n) is 24.9. The Morgan fingerprint density at radius 1 is 0.446 bits per heavy atom. The van der Waals surface area contributed by atoms with Gasteiger partial charge >= 0.3 is 11.9 Å². The molecule has 0 radical (unpaired) electrons. The largest absolute Gasteiger partial charge is 0.481 e. The molecule has 380 valence electrons. The van der Waals surface area contributed by atoms with E-state index in [1.165, 1.54) is 51.4 Å². The quantitative estimate of drug-likeness (QED) is 0.0370. The fraction of sp³-hybridized carbons (Fsp3) is 0.857. The standard InChI is InChI=1S/C30H54O7.C19H36N2O7/c1-2-37-24-18-17-20-28(32)26(22-23-30(35)36)25-27(31)19-15-13-11-9-7-5-3-4-6-8-10-12-14-16-21-29(33)34;1-3-16(17(23)13-22)7-5-6-8-20-19(25)15-28-12-11-27-10-9-21-18(24)14-26-4-2/h26H,2-25H2,1H3,(H,33,34)(H,35,36);16,22H,3-15H2,1-2H3,(H,20,25)(H,21,24)/t26-;16-/m10/s1. The van der Waals surface area contributed by atoms with Gasteiger partial charge in [-0.1, -0.05) is 90.4 Å². The molecule has 5 N–H and O–H groups in total. The number of carboxylic acid groups (broad SMARTS) is 2. The van der Waals surface area contributed by atoms with Crippen molar-refractivity contribution in [3.63, 3.8) is 0 Å². The first-order chi connectivity index (χ1) is 31.4. The third-order valence-electron chi connectivity index (χ3n) is 10.9. The molecule has 0 rings (SSSR count). The van der Waals surface area contributed by atoms with Crippen molar-refractivity contribution in [1.82, 2.24) is 10.6 Å². The lowest BCUT2D eigenvalue weighted by molar-refractivity contribution is -0.138. The molecule has 0 fully saturated rings. The number of aliphatic carboxylic acids is 2. The molecule has 0 saturated carbocycles. The van der Waals surface area contributed by atoms with Crippen LogP contribution in [0, 0.1) is 11.8 Å². The maximum atomic E-state index is 12.6. The number of aliphatic hydroxyl groups excluding tert-OH is 1. The lowest BCUT2D eigenvalue weighted by Crippen LogP contribution is -2.31. The summed E-state index contributed by atoms with van der Waals surface area (Å²) in [4.78, 5) is 80.7. The predicted molar refractivity (Wildman–Crippen MR) is 251 cm³/mol. The number of ketones is 3. The van der Waals surface area contributed by atoms with Gasteiger partial charge in [0.15, 0.2) is 5.78 Å². The number of aliphatic hydroxyl groups is 1. The van der Waals surface area contributed by atoms with Gasteiger partial charge in [0.1, 0.15) is 31.4 Å². The van der Waals surface area contributed by atoms with E-state index in [1.54, 1.807) is 0 Å². The highest BCUT2D eigenvalue weighted by Crippen LogP contribution is 2.20. The summed E-state index contributed by atoms with van der Waals surface area (Å²) in [5, 5.41) is 31.9. The molecule has 16 nitrogen and oxygen atoms in total. The number of carbonyl (C=O) groups is 7. The Kier molecular flexibility index (Phi) is 47.7. The van der Waals surface area contributed by atoms with Gasteiger partial charge in [-0.2, -0.15) is 0 Å². The fourth-order valence-electron chi connectivity index (χ4n) is 7.03. The molecular formula is C49H90N2O14. The van der Waals surface area contributed by atoms with Gasteiger partial charge in [-0.25, -0.2) is 0 Å². The average Bonchev–Trinajstić information content (AvgIpc) is 3.28. The molecule has 0 aliphatic rings. The number of nitrogens with one attached hydrogen (secondary N) is 2. The van der Waals surface area contributed by atoms with Gasteiger partial charge in [0.2, 0.25) is 11.8 Å². The molecule has 2 amide bonds. The number of hydrogen-bond acceptors (Lipinski definition) is 12. The van der Waals surface area contributed by atoms with Crippen LogP contribution in [-0.2, 0) is 52.5 Å². The van der Waals surface area contributed by atoms with Gasteiger partial charge in [0, 0.05) is 76.9 Å². The Labute approximate surface area is 390 Å². The zero-order valence-corrected chi connectivity index (χ0v) is 40.7. The summed E-state index contributed by atoms with van der Waals surface area (Å²) in [7, 11) is 0. The summed E-state index contributed by atoms with van der Waals surface area (Å²) in [6.45, 7) is 9.01. The number of Topliss-reactive ketones (excluding diaryl/α,β-unsaturated/α-hetero) is 3. The number of amides is 2. The Balaban J connectivity index is 0. The molecule has 0 aliphatic carbocycles. The highest BCUT2D eigenvalue weighted by Gasteiger charge is 2.22. The van der Waals surface area contributed by atoms with Crippen molar-refractivity contribution in [3.8, 4) is 0 Å². The summed E-state index contributed by atoms with van der Waals surface area (Å²) >= 11 is 0. The van der Waals surface area contributed by atoms with Crippen molar-refractivity contribution >= 4 is 41.1 Å². The molecule has 0 bridgehead atoms. The third-order valence-corrected chi connectivity index (χ3v) is 10.9. The second-order valence-electron chi connectivity index (χ2n) is 16.6. The Morgan fingerprint density at radius 3 is 1.49 bits per heavy atom. The van der Waals surface area contributed by atoms with Crippen molar-refractivity contribution in [2.24, 2.45) is 11.8 Å². The number of ether oxygens (including phenoxy) is 4. The zero-order valence-electron chi connectivity index (χ0n) is 40.7. The third kappa shape index (κ3) is 47.0. The minimum atomic E-state index is -0.924. The van der Waals surface area contributed by atoms with Gasteiger partial charge < -0.3 is 44.9 Å². The monoisotopic (exact) mass is 931 g/mol. The Bertz CT molecular complexity index is 1220. The van der Waals surface area contributed by atoms with Crippen LogP contribution in [0.2, 0.25) is 0 Å². The maximum absolute atomic E-state index is 12.6. The van der Waals surface area contributed by atoms with Crippen LogP contribution in [0.3, 0.4) is 0 Å². The predicted octanol–water partition coefficient (Wildman–Crippen LogP) is 7.58. The highest BCUT2D eigenvalue weighted by molar-refractivity contribution is 5.88. The molecule has 0 heterocycles. The Hall–Kier alpha value is -3.31. The van der Waals surface area contributed by atoms with E-state index in [2.05, 4.69) is 10.6 Å². The van der Waals surface area contributed by atoms with E-state index >= 15 is 0 Å². The van der Waals surface area contributed by atoms with Crippen LogP contribution in [0.25, 0.3) is 0 Å². The minimum absolute atomic E-state index is 0.0156. The van der Waals surface area contributed by atoms with Crippen molar-refractivity contribution in [3.05, 3.63) is 0 Å². The molecule has 0 saturated heterocycles. The van der Waals surface area contributed by atoms with Crippen LogP contribution in [0.4, 0.5) is 0 Å². The van der Waals surface area contributed by atoms with E-state index in [-0.39, 0.29) is 67.6 Å². The van der Waals surface area contributed by atoms with Crippen molar-refractivity contribution in [2.45, 2.75) is 188 Å². The molecule has 2 atom stereocenters. The summed E-state index contributed by atoms with van der Waals surface area (Å²) in [6.07, 6.45) is 22.0. The SMILES string of the molecule is CCOCC(=O)NCCOCCOCC(=O)NCCCC[C@H](CC)C(=O)CO.CCOCCCCC(=O)[C@H](CCC(=O)O)CC(=O)CCCCCCCCCCCCCCCCC(=O)O. The molecule has 0 aromatic heterocycles. The Morgan fingerprint density at radius 2 is 0.954 bits per heavy atom. The van der Waals surface area contributed by atoms with Gasteiger partial charge in [-0.05, 0) is 65.2 Å². The molecular weight excluding hydrogens is 841 g/mol. The number of rotatable bonds is 48. The smallest absolute Gasteiger partial charge is 0.303 e. The minimum Gasteiger partial charge on any atom is -0.481 e. The van der Waals surface area contributed by atoms with Crippen LogP contribution in [0.1, 0.15) is 188 Å². The topological polar surface area (TPSA) is 241 Å². The van der Waals surface area contributed by atoms with Crippen LogP contribution in [-0.4, -0.2) is 129 Å². The normalized spacial score (nSPS) is 11.9. The molecule has 65 heavy (non-hydrogen) atoms. The van der Waals surface area contributed by atoms with E-state index in [9.17, 15) is 33.6 Å². The van der Waals surface area contributed by atoms with Crippen LogP contribution in [0.5, 0.6) is 0 Å². The first kappa shape index (κ1) is 63.8.